The summed E-state index contributed by atoms with van der Waals surface area (Å²) >= 11 is 3.48. The Morgan fingerprint density at radius 1 is 1.05 bits per heavy atom. The van der Waals surface area contributed by atoms with Gasteiger partial charge in [-0.1, -0.05) is 6.07 Å². The maximum absolute atomic E-state index is 11.6. The molecule has 0 aliphatic rings. The third kappa shape index (κ3) is 2.27. The highest BCUT2D eigenvalue weighted by Gasteiger charge is 2.17. The molecule has 0 atom stereocenters. The number of benzene rings is 1. The summed E-state index contributed by atoms with van der Waals surface area (Å²) in [7, 11) is 3.20. The number of carbonyl (C=O) groups is 1. The number of pyridine rings is 1. The Balaban J connectivity index is 2.31. The zero-order valence-corrected chi connectivity index (χ0v) is 13.8. The monoisotopic (exact) mass is 359 g/mol. The summed E-state index contributed by atoms with van der Waals surface area (Å²) in [6.07, 6.45) is 2.73. The van der Waals surface area contributed by atoms with Gasteiger partial charge >= 0.3 is 0 Å². The first kappa shape index (κ1) is 14.7. The van der Waals surface area contributed by atoms with E-state index in [1.54, 1.807) is 20.3 Å². The average molecular weight is 360 g/mol. The first-order valence-electron chi connectivity index (χ1n) is 6.66. The summed E-state index contributed by atoms with van der Waals surface area (Å²) in [6, 6.07) is 11.5. The van der Waals surface area contributed by atoms with Crippen LogP contribution in [0.4, 0.5) is 0 Å². The maximum Gasteiger partial charge on any atom is 0.167 e. The molecule has 1 aromatic carbocycles. The lowest BCUT2D eigenvalue weighted by molar-refractivity contribution is 0.111. The molecule has 4 nitrogen and oxygen atoms in total. The number of nitrogens with zero attached hydrogens (tertiary/aromatic N) is 1. The fourth-order valence-electron chi connectivity index (χ4n) is 2.55. The molecule has 2 heterocycles. The molecule has 112 valence electrons. The van der Waals surface area contributed by atoms with Gasteiger partial charge in [0.1, 0.15) is 11.5 Å². The number of aromatic nitrogens is 1. The van der Waals surface area contributed by atoms with Crippen LogP contribution in [0.2, 0.25) is 0 Å². The Kier molecular flexibility index (Phi) is 3.90. The molecular weight excluding hydrogens is 346 g/mol. The molecule has 0 radical (unpaired) electrons. The summed E-state index contributed by atoms with van der Waals surface area (Å²) < 4.78 is 13.4. The normalized spacial score (nSPS) is 10.7. The van der Waals surface area contributed by atoms with Gasteiger partial charge in [0.15, 0.2) is 6.29 Å². The SMILES string of the molecule is COc1cc(OC)c(-c2cc3ccccn3c2C=O)cc1Br. The van der Waals surface area contributed by atoms with Crippen molar-refractivity contribution in [1.82, 2.24) is 4.40 Å². The van der Waals surface area contributed by atoms with E-state index < -0.39 is 0 Å². The smallest absolute Gasteiger partial charge is 0.167 e. The second-order valence-electron chi connectivity index (χ2n) is 4.74. The Hall–Kier alpha value is -2.27. The molecular formula is C17H14BrNO3. The largest absolute Gasteiger partial charge is 0.496 e. The molecule has 0 unspecified atom stereocenters. The third-order valence-electron chi connectivity index (χ3n) is 3.59. The maximum atomic E-state index is 11.6. The van der Waals surface area contributed by atoms with Crippen LogP contribution in [0, 0.1) is 0 Å². The molecule has 0 fully saturated rings. The van der Waals surface area contributed by atoms with Gasteiger partial charge in [0.05, 0.1) is 24.4 Å². The number of ether oxygens (including phenoxy) is 2. The molecule has 2 aromatic heterocycles. The fraction of sp³-hybridized carbons (Fsp3) is 0.118. The predicted molar refractivity (Wildman–Crippen MR) is 89.0 cm³/mol. The van der Waals surface area contributed by atoms with Gasteiger partial charge in [-0.3, -0.25) is 4.79 Å². The van der Waals surface area contributed by atoms with Crippen LogP contribution in [0.25, 0.3) is 16.6 Å². The minimum absolute atomic E-state index is 0.589. The van der Waals surface area contributed by atoms with E-state index in [0.717, 1.165) is 27.4 Å². The van der Waals surface area contributed by atoms with Crippen LogP contribution >= 0.6 is 15.9 Å². The van der Waals surface area contributed by atoms with Crippen molar-refractivity contribution >= 4 is 27.7 Å². The van der Waals surface area contributed by atoms with Gasteiger partial charge in [0.2, 0.25) is 0 Å². The van der Waals surface area contributed by atoms with Crippen LogP contribution in [0.15, 0.2) is 47.1 Å². The van der Waals surface area contributed by atoms with E-state index in [0.29, 0.717) is 17.2 Å². The minimum Gasteiger partial charge on any atom is -0.496 e. The van der Waals surface area contributed by atoms with Crippen LogP contribution in [0.5, 0.6) is 11.5 Å². The van der Waals surface area contributed by atoms with Crippen molar-refractivity contribution in [3.05, 3.63) is 52.8 Å². The third-order valence-corrected chi connectivity index (χ3v) is 4.21. The van der Waals surface area contributed by atoms with E-state index in [4.69, 9.17) is 9.47 Å². The van der Waals surface area contributed by atoms with Crippen molar-refractivity contribution in [2.75, 3.05) is 14.2 Å². The highest BCUT2D eigenvalue weighted by molar-refractivity contribution is 9.10. The first-order chi connectivity index (χ1) is 10.7. The zero-order valence-electron chi connectivity index (χ0n) is 12.2. The molecule has 0 spiro atoms. The van der Waals surface area contributed by atoms with Crippen LogP contribution in [0.1, 0.15) is 10.5 Å². The van der Waals surface area contributed by atoms with Gasteiger partial charge in [-0.2, -0.15) is 0 Å². The summed E-state index contributed by atoms with van der Waals surface area (Å²) in [5.41, 5.74) is 3.20. The van der Waals surface area contributed by atoms with Crippen molar-refractivity contribution in [2.24, 2.45) is 0 Å². The quantitative estimate of drug-likeness (QED) is 0.655. The molecule has 0 aliphatic heterocycles. The van der Waals surface area contributed by atoms with Gasteiger partial charge in [-0.25, -0.2) is 0 Å². The first-order valence-corrected chi connectivity index (χ1v) is 7.46. The van der Waals surface area contributed by atoms with E-state index in [9.17, 15) is 4.79 Å². The van der Waals surface area contributed by atoms with Crippen molar-refractivity contribution in [1.29, 1.82) is 0 Å². The van der Waals surface area contributed by atoms with Gasteiger partial charge in [0.25, 0.3) is 0 Å². The Bertz CT molecular complexity index is 854. The molecule has 5 heteroatoms. The molecule has 22 heavy (non-hydrogen) atoms. The van der Waals surface area contributed by atoms with E-state index in [-0.39, 0.29) is 0 Å². The molecule has 0 bridgehead atoms. The van der Waals surface area contributed by atoms with Gasteiger partial charge in [-0.05, 0) is 40.2 Å². The van der Waals surface area contributed by atoms with Crippen molar-refractivity contribution < 1.29 is 14.3 Å². The highest BCUT2D eigenvalue weighted by atomic mass is 79.9. The zero-order chi connectivity index (χ0) is 15.7. The topological polar surface area (TPSA) is 39.9 Å². The van der Waals surface area contributed by atoms with E-state index in [2.05, 4.69) is 15.9 Å². The lowest BCUT2D eigenvalue weighted by atomic mass is 10.0. The molecule has 3 aromatic rings. The second-order valence-corrected chi connectivity index (χ2v) is 5.60. The number of hydrogen-bond acceptors (Lipinski definition) is 3. The van der Waals surface area contributed by atoms with E-state index in [1.807, 2.05) is 40.9 Å². The number of halogens is 1. The minimum atomic E-state index is 0.589. The number of rotatable bonds is 4. The standard InChI is InChI=1S/C17H14BrNO3/c1-21-16-9-17(22-2)14(18)8-13(16)12-7-11-5-3-4-6-19(11)15(12)10-20/h3-10H,1-2H3. The number of methoxy groups -OCH3 is 2. The fourth-order valence-corrected chi connectivity index (χ4v) is 3.06. The summed E-state index contributed by atoms with van der Waals surface area (Å²) in [4.78, 5) is 11.6. The molecule has 0 amide bonds. The molecule has 0 saturated carbocycles. The van der Waals surface area contributed by atoms with E-state index in [1.165, 1.54) is 0 Å². The summed E-state index contributed by atoms with van der Waals surface area (Å²) in [6.45, 7) is 0. The van der Waals surface area contributed by atoms with Crippen LogP contribution in [-0.4, -0.2) is 24.9 Å². The summed E-state index contributed by atoms with van der Waals surface area (Å²) in [5.74, 6) is 1.33. The van der Waals surface area contributed by atoms with Crippen molar-refractivity contribution in [3.63, 3.8) is 0 Å². The number of carbonyl (C=O) groups excluding carboxylic acids is 1. The van der Waals surface area contributed by atoms with Gasteiger partial charge in [-0.15, -0.1) is 0 Å². The van der Waals surface area contributed by atoms with Crippen molar-refractivity contribution in [2.45, 2.75) is 0 Å². The Morgan fingerprint density at radius 2 is 1.82 bits per heavy atom. The van der Waals surface area contributed by atoms with Gasteiger partial charge < -0.3 is 13.9 Å². The van der Waals surface area contributed by atoms with Crippen LogP contribution < -0.4 is 9.47 Å². The molecule has 0 aliphatic carbocycles. The van der Waals surface area contributed by atoms with Crippen LogP contribution in [0.3, 0.4) is 0 Å². The highest BCUT2D eigenvalue weighted by Crippen LogP contribution is 2.40. The second kappa shape index (κ2) is 5.85. The molecule has 3 rings (SSSR count). The molecule has 0 saturated heterocycles. The lowest BCUT2D eigenvalue weighted by Gasteiger charge is -2.12. The lowest BCUT2D eigenvalue weighted by Crippen LogP contribution is -1.95. The number of aldehydes is 1. The molecule has 0 N–H and O–H groups in total. The van der Waals surface area contributed by atoms with Crippen LogP contribution in [-0.2, 0) is 0 Å². The summed E-state index contributed by atoms with van der Waals surface area (Å²) in [5, 5.41) is 0. The number of fused-ring (bicyclic) bond motifs is 1. The van der Waals surface area contributed by atoms with Gasteiger partial charge in [0, 0.05) is 28.9 Å². The predicted octanol–water partition coefficient (Wildman–Crippen LogP) is 4.20. The Morgan fingerprint density at radius 3 is 2.50 bits per heavy atom. The average Bonchev–Trinajstić information content (AvgIpc) is 2.92. The Labute approximate surface area is 136 Å². The van der Waals surface area contributed by atoms with Crippen molar-refractivity contribution in [3.8, 4) is 22.6 Å². The van der Waals surface area contributed by atoms with E-state index >= 15 is 0 Å². The number of hydrogen-bond donors (Lipinski definition) is 0.